The molecular formula is C10H19N3O2S. The van der Waals surface area contributed by atoms with E-state index in [4.69, 9.17) is 0 Å². The summed E-state index contributed by atoms with van der Waals surface area (Å²) in [5.41, 5.74) is 0.883. The number of aromatic amines is 1. The van der Waals surface area contributed by atoms with Crippen molar-refractivity contribution >= 4 is 15.8 Å². The van der Waals surface area contributed by atoms with Gasteiger partial charge in [0.05, 0.1) is 11.9 Å². The molecule has 0 aliphatic rings. The van der Waals surface area contributed by atoms with E-state index in [1.165, 1.54) is 0 Å². The van der Waals surface area contributed by atoms with Crippen LogP contribution in [-0.4, -0.2) is 24.4 Å². The number of hydrogen-bond donors (Lipinski definition) is 2. The summed E-state index contributed by atoms with van der Waals surface area (Å²) >= 11 is 0. The van der Waals surface area contributed by atoms with Crippen molar-refractivity contribution in [2.75, 3.05) is 10.5 Å². The second-order valence-corrected chi connectivity index (χ2v) is 6.07. The van der Waals surface area contributed by atoms with E-state index in [2.05, 4.69) is 14.9 Å². The molecule has 0 aliphatic heterocycles. The molecule has 16 heavy (non-hydrogen) atoms. The third-order valence-corrected chi connectivity index (χ3v) is 3.61. The van der Waals surface area contributed by atoms with Gasteiger partial charge in [-0.1, -0.05) is 20.8 Å². The van der Waals surface area contributed by atoms with Crippen molar-refractivity contribution in [3.8, 4) is 0 Å². The van der Waals surface area contributed by atoms with Gasteiger partial charge in [0.1, 0.15) is 5.82 Å². The van der Waals surface area contributed by atoms with Crippen molar-refractivity contribution in [1.82, 2.24) is 10.2 Å². The van der Waals surface area contributed by atoms with Crippen molar-refractivity contribution in [1.29, 1.82) is 0 Å². The first-order valence-electron chi connectivity index (χ1n) is 5.47. The summed E-state index contributed by atoms with van der Waals surface area (Å²) in [4.78, 5) is 0. The Morgan fingerprint density at radius 1 is 1.50 bits per heavy atom. The number of rotatable bonds is 6. The van der Waals surface area contributed by atoms with Crippen molar-refractivity contribution in [3.63, 3.8) is 0 Å². The zero-order valence-electron chi connectivity index (χ0n) is 9.95. The fourth-order valence-corrected chi connectivity index (χ4v) is 2.64. The normalized spacial score (nSPS) is 12.0. The van der Waals surface area contributed by atoms with Crippen LogP contribution >= 0.6 is 0 Å². The lowest BCUT2D eigenvalue weighted by Gasteiger charge is -2.08. The number of nitrogens with zero attached hydrogens (tertiary/aromatic N) is 1. The minimum atomic E-state index is -3.25. The van der Waals surface area contributed by atoms with Crippen molar-refractivity contribution < 1.29 is 8.42 Å². The van der Waals surface area contributed by atoms with E-state index in [0.29, 0.717) is 18.2 Å². The van der Waals surface area contributed by atoms with E-state index < -0.39 is 10.0 Å². The lowest BCUT2D eigenvalue weighted by atomic mass is 10.2. The van der Waals surface area contributed by atoms with Crippen LogP contribution in [-0.2, 0) is 16.4 Å². The first-order valence-corrected chi connectivity index (χ1v) is 7.12. The van der Waals surface area contributed by atoms with Gasteiger partial charge in [-0.15, -0.1) is 0 Å². The highest BCUT2D eigenvalue weighted by Crippen LogP contribution is 2.14. The zero-order valence-corrected chi connectivity index (χ0v) is 10.8. The van der Waals surface area contributed by atoms with E-state index in [-0.39, 0.29) is 5.75 Å². The molecule has 0 spiro atoms. The van der Waals surface area contributed by atoms with Crippen LogP contribution in [0.3, 0.4) is 0 Å². The Kier molecular flexibility index (Phi) is 4.35. The van der Waals surface area contributed by atoms with Gasteiger partial charge in [-0.3, -0.25) is 9.82 Å². The highest BCUT2D eigenvalue weighted by Gasteiger charge is 2.14. The Bertz CT molecular complexity index is 423. The smallest absolute Gasteiger partial charge is 0.233 e. The molecule has 0 aromatic carbocycles. The first kappa shape index (κ1) is 13.0. The average molecular weight is 245 g/mol. The number of nitrogens with one attached hydrogen (secondary N) is 2. The molecule has 5 nitrogen and oxygen atoms in total. The zero-order chi connectivity index (χ0) is 12.2. The van der Waals surface area contributed by atoms with Gasteiger partial charge in [0.25, 0.3) is 0 Å². The van der Waals surface area contributed by atoms with Crippen LogP contribution < -0.4 is 4.72 Å². The van der Waals surface area contributed by atoms with Gasteiger partial charge in [0.2, 0.25) is 10.0 Å². The number of hydrogen-bond acceptors (Lipinski definition) is 3. The fraction of sp³-hybridized carbons (Fsp3) is 0.700. The Balaban J connectivity index is 2.66. The summed E-state index contributed by atoms with van der Waals surface area (Å²) in [6.45, 7) is 5.96. The number of aromatic nitrogens is 2. The standard InChI is InChI=1S/C10H19N3O2S/c1-4-9-7-11-12-10(9)13-16(14,15)6-5-8(2)3/h7-8H,4-6H2,1-3H3,(H2,11,12,13). The van der Waals surface area contributed by atoms with Gasteiger partial charge in [-0.05, 0) is 18.8 Å². The quantitative estimate of drug-likeness (QED) is 0.802. The van der Waals surface area contributed by atoms with Gasteiger partial charge in [0.15, 0.2) is 0 Å². The molecule has 1 heterocycles. The fourth-order valence-electron chi connectivity index (χ4n) is 1.26. The monoisotopic (exact) mass is 245 g/mol. The Morgan fingerprint density at radius 2 is 2.19 bits per heavy atom. The molecule has 1 aromatic rings. The number of aryl methyl sites for hydroxylation is 1. The molecule has 1 rings (SSSR count). The summed E-state index contributed by atoms with van der Waals surface area (Å²) in [5.74, 6) is 1.02. The molecule has 0 bridgehead atoms. The molecule has 0 atom stereocenters. The van der Waals surface area contributed by atoms with E-state index in [1.807, 2.05) is 20.8 Å². The maximum Gasteiger partial charge on any atom is 0.233 e. The van der Waals surface area contributed by atoms with Crippen LogP contribution in [0.15, 0.2) is 6.20 Å². The van der Waals surface area contributed by atoms with Crippen LogP contribution in [0.1, 0.15) is 32.8 Å². The Labute approximate surface area is 96.7 Å². The number of sulfonamides is 1. The predicted octanol–water partition coefficient (Wildman–Crippen LogP) is 1.76. The SMILES string of the molecule is CCc1cn[nH]c1NS(=O)(=O)CCC(C)C. The van der Waals surface area contributed by atoms with Crippen LogP contribution in [0.25, 0.3) is 0 Å². The summed E-state index contributed by atoms with van der Waals surface area (Å²) in [5, 5.41) is 6.48. The van der Waals surface area contributed by atoms with E-state index in [9.17, 15) is 8.42 Å². The molecule has 1 aromatic heterocycles. The highest BCUT2D eigenvalue weighted by atomic mass is 32.2. The predicted molar refractivity (Wildman–Crippen MR) is 64.8 cm³/mol. The molecule has 0 saturated heterocycles. The maximum atomic E-state index is 11.7. The molecule has 0 saturated carbocycles. The van der Waals surface area contributed by atoms with Crippen molar-refractivity contribution in [2.45, 2.75) is 33.6 Å². The summed E-state index contributed by atoms with van der Waals surface area (Å²) < 4.78 is 26.0. The minimum Gasteiger partial charge on any atom is -0.267 e. The van der Waals surface area contributed by atoms with Gasteiger partial charge >= 0.3 is 0 Å². The molecule has 92 valence electrons. The molecule has 0 amide bonds. The topological polar surface area (TPSA) is 74.8 Å². The molecule has 0 fully saturated rings. The molecule has 6 heteroatoms. The van der Waals surface area contributed by atoms with E-state index in [0.717, 1.165) is 12.0 Å². The van der Waals surface area contributed by atoms with E-state index >= 15 is 0 Å². The second kappa shape index (κ2) is 5.34. The third-order valence-electron chi connectivity index (χ3n) is 2.32. The number of H-pyrrole nitrogens is 1. The van der Waals surface area contributed by atoms with Gasteiger partial charge < -0.3 is 0 Å². The second-order valence-electron chi connectivity index (χ2n) is 4.23. The first-order chi connectivity index (χ1) is 7.44. The largest absolute Gasteiger partial charge is 0.267 e. The molecule has 2 N–H and O–H groups in total. The average Bonchev–Trinajstić information content (AvgIpc) is 2.61. The maximum absolute atomic E-state index is 11.7. The lowest BCUT2D eigenvalue weighted by Crippen LogP contribution is -2.18. The molecular weight excluding hydrogens is 226 g/mol. The van der Waals surface area contributed by atoms with Crippen LogP contribution in [0.2, 0.25) is 0 Å². The molecule has 0 radical (unpaired) electrons. The molecule has 0 unspecified atom stereocenters. The van der Waals surface area contributed by atoms with Gasteiger partial charge in [0, 0.05) is 5.56 Å². The number of anilines is 1. The minimum absolute atomic E-state index is 0.146. The van der Waals surface area contributed by atoms with Crippen LogP contribution in [0.4, 0.5) is 5.82 Å². The van der Waals surface area contributed by atoms with Crippen LogP contribution in [0, 0.1) is 5.92 Å². The lowest BCUT2D eigenvalue weighted by molar-refractivity contribution is 0.577. The van der Waals surface area contributed by atoms with Crippen LogP contribution in [0.5, 0.6) is 0 Å². The summed E-state index contributed by atoms with van der Waals surface area (Å²) in [6, 6.07) is 0. The van der Waals surface area contributed by atoms with Crippen molar-refractivity contribution in [2.24, 2.45) is 5.92 Å². The van der Waals surface area contributed by atoms with E-state index in [1.54, 1.807) is 6.20 Å². The summed E-state index contributed by atoms with van der Waals surface area (Å²) in [6.07, 6.45) is 3.05. The Morgan fingerprint density at radius 3 is 2.75 bits per heavy atom. The third kappa shape index (κ3) is 3.84. The van der Waals surface area contributed by atoms with Crippen molar-refractivity contribution in [3.05, 3.63) is 11.8 Å². The van der Waals surface area contributed by atoms with Gasteiger partial charge in [-0.25, -0.2) is 8.42 Å². The molecule has 0 aliphatic carbocycles. The highest BCUT2D eigenvalue weighted by molar-refractivity contribution is 7.92. The Hall–Kier alpha value is -1.04. The van der Waals surface area contributed by atoms with Gasteiger partial charge in [-0.2, -0.15) is 5.10 Å². The summed E-state index contributed by atoms with van der Waals surface area (Å²) in [7, 11) is -3.25.